The van der Waals surface area contributed by atoms with Crippen LogP contribution in [0.5, 0.6) is 0 Å². The zero-order valence-corrected chi connectivity index (χ0v) is 48.7. The number of benzene rings is 6. The van der Waals surface area contributed by atoms with E-state index in [0.29, 0.717) is 23.7 Å². The third kappa shape index (κ3) is 12.6. The predicted octanol–water partition coefficient (Wildman–Crippen LogP) is 18.7. The average molecular weight is 1030 g/mol. The number of hydrogen-bond donors (Lipinski definition) is 0. The maximum atomic E-state index is 4.93. The van der Waals surface area contributed by atoms with Gasteiger partial charge in [0.2, 0.25) is 0 Å². The van der Waals surface area contributed by atoms with E-state index < -0.39 is 20.8 Å². The molecule has 1 aliphatic heterocycles. The molecule has 354 valence electrons. The fraction of sp³-hybridized carbons (Fsp3) is 0.344. The molecule has 0 spiro atoms. The van der Waals surface area contributed by atoms with Crippen LogP contribution in [-0.2, 0) is 31.7 Å². The molecule has 9 rings (SSSR count). The first-order valence-corrected chi connectivity index (χ1v) is 31.9. The Balaban J connectivity index is 0.000000171. The van der Waals surface area contributed by atoms with Gasteiger partial charge in [-0.15, -0.1) is 74.6 Å². The number of fused-ring (bicyclic) bond motifs is 5. The molecular formula is C64H73Cl2SiZr-3. The van der Waals surface area contributed by atoms with E-state index in [1.165, 1.54) is 110 Å². The fourth-order valence-corrected chi connectivity index (χ4v) is 10.4. The fourth-order valence-electron chi connectivity index (χ4n) is 9.12. The van der Waals surface area contributed by atoms with Crippen LogP contribution in [-0.4, -0.2) is 9.52 Å². The van der Waals surface area contributed by atoms with Crippen LogP contribution in [0.4, 0.5) is 0 Å². The van der Waals surface area contributed by atoms with Crippen molar-refractivity contribution in [1.82, 2.24) is 0 Å². The summed E-state index contributed by atoms with van der Waals surface area (Å²) in [5.74, 6) is 2.15. The van der Waals surface area contributed by atoms with Crippen LogP contribution in [0.3, 0.4) is 0 Å². The molecule has 1 heterocycles. The maximum Gasteiger partial charge on any atom is 0.0920 e. The molecule has 0 nitrogen and oxygen atoms in total. The minimum absolute atomic E-state index is 0.174. The summed E-state index contributed by atoms with van der Waals surface area (Å²) in [7, 11) is 10.7. The molecule has 0 aliphatic carbocycles. The van der Waals surface area contributed by atoms with Crippen molar-refractivity contribution in [1.29, 1.82) is 0 Å². The first-order chi connectivity index (χ1) is 32.0. The van der Waals surface area contributed by atoms with Crippen molar-refractivity contribution in [3.63, 3.8) is 0 Å². The van der Waals surface area contributed by atoms with E-state index in [1.54, 1.807) is 0 Å². The average Bonchev–Trinajstić information content (AvgIpc) is 4.03. The van der Waals surface area contributed by atoms with E-state index in [-0.39, 0.29) is 10.8 Å². The van der Waals surface area contributed by atoms with Gasteiger partial charge in [-0.05, 0) is 81.7 Å². The molecule has 0 bridgehead atoms. The van der Waals surface area contributed by atoms with E-state index in [2.05, 4.69) is 238 Å². The normalized spacial score (nSPS) is 12.1. The summed E-state index contributed by atoms with van der Waals surface area (Å²) in [6.07, 6.45) is 0. The molecule has 68 heavy (non-hydrogen) atoms. The van der Waals surface area contributed by atoms with Crippen LogP contribution in [0.2, 0.25) is 0 Å². The van der Waals surface area contributed by atoms with E-state index in [1.807, 2.05) is 6.07 Å². The summed E-state index contributed by atoms with van der Waals surface area (Å²) < 4.78 is 0. The number of rotatable bonds is 6. The first kappa shape index (κ1) is 53.6. The Bertz CT molecular complexity index is 2720. The van der Waals surface area contributed by atoms with E-state index in [4.69, 9.17) is 17.0 Å². The molecule has 0 aromatic heterocycles. The Morgan fingerprint density at radius 2 is 0.882 bits per heavy atom. The first-order valence-electron chi connectivity index (χ1n) is 24.6. The molecule has 1 aliphatic rings. The standard InChI is InChI=1S/2C26H33.C12H7Si.2ClH.Zr/c2*1-16(2)20-11-21(17(3)4)13-22(12-20)25-18(5)9-10-19-14-23(15-24(19)25)26(6,7)8;1-3-7-11-9(5-1)10-6-2-4-8-12(10)13-11;;;/h2*9-17H,1-8H3;1-7H;2*1H;/q3*-1;;;+2/p-2. The summed E-state index contributed by atoms with van der Waals surface area (Å²) in [5, 5.41) is 8.33. The third-order valence-electron chi connectivity index (χ3n) is 13.5. The van der Waals surface area contributed by atoms with Gasteiger partial charge in [-0.1, -0.05) is 191 Å². The quantitative estimate of drug-likeness (QED) is 0.115. The molecule has 0 atom stereocenters. The summed E-state index contributed by atoms with van der Waals surface area (Å²) in [6, 6.07) is 51.2. The topological polar surface area (TPSA) is 0 Å². The Hall–Kier alpha value is -3.78. The third-order valence-corrected chi connectivity index (χ3v) is 14.8. The smallest absolute Gasteiger partial charge is 0.0920 e. The van der Waals surface area contributed by atoms with Gasteiger partial charge >= 0.3 is 37.9 Å². The van der Waals surface area contributed by atoms with Gasteiger partial charge < -0.3 is 0 Å². The summed E-state index contributed by atoms with van der Waals surface area (Å²) in [6.45, 7) is 36.6. The van der Waals surface area contributed by atoms with E-state index in [9.17, 15) is 0 Å². The zero-order chi connectivity index (χ0) is 49.8. The second-order valence-corrected chi connectivity index (χ2v) is 27.1. The number of hydrogen-bond acceptors (Lipinski definition) is 0. The van der Waals surface area contributed by atoms with E-state index >= 15 is 0 Å². The molecule has 0 saturated heterocycles. The molecule has 8 aromatic carbocycles. The van der Waals surface area contributed by atoms with Gasteiger partial charge in [0.15, 0.2) is 0 Å². The van der Waals surface area contributed by atoms with Crippen molar-refractivity contribution < 1.29 is 20.8 Å². The van der Waals surface area contributed by atoms with Gasteiger partial charge in [-0.3, -0.25) is 0 Å². The number of aryl methyl sites for hydroxylation is 2. The van der Waals surface area contributed by atoms with Crippen LogP contribution in [0, 0.1) is 19.9 Å². The van der Waals surface area contributed by atoms with Crippen molar-refractivity contribution in [2.24, 2.45) is 0 Å². The van der Waals surface area contributed by atoms with Crippen molar-refractivity contribution >= 4 is 58.5 Å². The van der Waals surface area contributed by atoms with Crippen LogP contribution < -0.4 is 10.4 Å². The molecule has 0 unspecified atom stereocenters. The molecular weight excluding hydrogens is 959 g/mol. The van der Waals surface area contributed by atoms with Crippen molar-refractivity contribution in [3.8, 4) is 33.4 Å². The SMILES string of the molecule is Cc1ccc2[cH-]c(C(C)(C)C)cc2c1-c1cc(C(C)C)cc(C(C)C)c1.Cc1ccc2[cH-]c(C(C)(C)C)cc2c1-c1cc(C(C)C)cc(C(C)C)c1.[Cl][Zr][Cl].[c-]1cccc2c1[Si]c1ccccc1-2. The number of halogens is 2. The van der Waals surface area contributed by atoms with Crippen LogP contribution in [0.1, 0.15) is 165 Å². The van der Waals surface area contributed by atoms with Crippen molar-refractivity contribution in [3.05, 3.63) is 178 Å². The van der Waals surface area contributed by atoms with Crippen LogP contribution >= 0.6 is 17.0 Å². The van der Waals surface area contributed by atoms with Gasteiger partial charge in [0.25, 0.3) is 0 Å². The summed E-state index contributed by atoms with van der Waals surface area (Å²) >= 11 is -0.826. The molecule has 0 fully saturated rings. The Kier molecular flexibility index (Phi) is 17.8. The van der Waals surface area contributed by atoms with Crippen molar-refractivity contribution in [2.45, 2.75) is 145 Å². The second kappa shape index (κ2) is 22.5. The molecule has 0 N–H and O–H groups in total. The Labute approximate surface area is 432 Å². The van der Waals surface area contributed by atoms with Gasteiger partial charge in [0, 0.05) is 0 Å². The second-order valence-electron chi connectivity index (χ2n) is 22.1. The van der Waals surface area contributed by atoms with Crippen molar-refractivity contribution in [2.75, 3.05) is 0 Å². The minimum atomic E-state index is -0.826. The molecule has 2 radical (unpaired) electrons. The molecule has 8 aromatic rings. The van der Waals surface area contributed by atoms with Gasteiger partial charge in [0.05, 0.1) is 9.52 Å². The summed E-state index contributed by atoms with van der Waals surface area (Å²) in [4.78, 5) is 0. The van der Waals surface area contributed by atoms with Crippen LogP contribution in [0.25, 0.3) is 54.9 Å². The minimum Gasteiger partial charge on any atom is -0.184 e. The van der Waals surface area contributed by atoms with Crippen LogP contribution in [0.15, 0.2) is 127 Å². The molecule has 0 saturated carbocycles. The molecule has 4 heteroatoms. The Morgan fingerprint density at radius 3 is 1.26 bits per heavy atom. The largest absolute Gasteiger partial charge is 0.184 e. The zero-order valence-electron chi connectivity index (χ0n) is 43.7. The maximum absolute atomic E-state index is 4.93. The van der Waals surface area contributed by atoms with Gasteiger partial charge in [-0.25, -0.2) is 0 Å². The monoisotopic (exact) mass is 1030 g/mol. The molecule has 0 amide bonds. The Morgan fingerprint density at radius 1 is 0.500 bits per heavy atom. The predicted molar refractivity (Wildman–Crippen MR) is 301 cm³/mol. The van der Waals surface area contributed by atoms with E-state index in [0.717, 1.165) is 9.52 Å². The van der Waals surface area contributed by atoms with Gasteiger partial charge in [-0.2, -0.15) is 41.6 Å². The summed E-state index contributed by atoms with van der Waals surface area (Å²) in [5.41, 5.74) is 20.0. The van der Waals surface area contributed by atoms with Gasteiger partial charge in [0.1, 0.15) is 0 Å².